The van der Waals surface area contributed by atoms with Crippen LogP contribution in [0.1, 0.15) is 32.6 Å². The third-order valence-corrected chi connectivity index (χ3v) is 6.26. The fourth-order valence-electron chi connectivity index (χ4n) is 1.27. The minimum Gasteiger partial charge on any atom is -0.336 e. The monoisotopic (exact) mass is 273 g/mol. The second-order valence-corrected chi connectivity index (χ2v) is 10.4. The van der Waals surface area contributed by atoms with Gasteiger partial charge in [-0.2, -0.15) is 0 Å². The van der Waals surface area contributed by atoms with Crippen LogP contribution in [0.25, 0.3) is 0 Å². The minimum atomic E-state index is -4.74. The van der Waals surface area contributed by atoms with Crippen LogP contribution in [0.5, 0.6) is 0 Å². The van der Waals surface area contributed by atoms with Gasteiger partial charge in [-0.1, -0.05) is 13.3 Å². The lowest BCUT2D eigenvalue weighted by atomic mass is 10.0. The van der Waals surface area contributed by atoms with Gasteiger partial charge in [-0.25, -0.2) is 4.57 Å². The topological polar surface area (TPSA) is 107 Å². The summed E-state index contributed by atoms with van der Waals surface area (Å²) in [6, 6.07) is 0.837. The Morgan fingerprint density at radius 1 is 1.25 bits per heavy atom. The zero-order valence-electron chi connectivity index (χ0n) is 9.67. The van der Waals surface area contributed by atoms with Crippen LogP contribution in [0.15, 0.2) is 0 Å². The lowest BCUT2D eigenvalue weighted by molar-refractivity contribution is 0.378. The zero-order chi connectivity index (χ0) is 12.8. The van der Waals surface area contributed by atoms with Crippen LogP contribution in [-0.2, 0) is 9.13 Å². The van der Waals surface area contributed by atoms with Crippen LogP contribution in [0.4, 0.5) is 0 Å². The van der Waals surface area contributed by atoms with Gasteiger partial charge < -0.3 is 20.0 Å². The standard InChI is InChI=1S/C7H15N.CH6O5P2/c1-2-7-5-3-4-6-8-7;1-7(2,3)8(4,5)6/h7-8H,2-6H2,1H3;1H3,(H,2,3)(H2,4,5,6). The zero-order valence-corrected chi connectivity index (χ0v) is 11.5. The SMILES string of the molecule is CCC1CCCCN1.CP(=O)(O)P(=O)(O)O. The fourth-order valence-corrected chi connectivity index (χ4v) is 1.27. The van der Waals surface area contributed by atoms with Crippen LogP contribution < -0.4 is 5.32 Å². The second kappa shape index (κ2) is 6.90. The normalized spacial score (nSPS) is 25.2. The molecular formula is C8H21NO5P2. The molecule has 0 aromatic carbocycles. The van der Waals surface area contributed by atoms with Crippen molar-refractivity contribution >= 4 is 14.3 Å². The van der Waals surface area contributed by atoms with Crippen molar-refractivity contribution in [2.45, 2.75) is 38.6 Å². The van der Waals surface area contributed by atoms with Gasteiger partial charge >= 0.3 is 14.3 Å². The van der Waals surface area contributed by atoms with Gasteiger partial charge in [0.15, 0.2) is 0 Å². The molecule has 1 heterocycles. The summed E-state index contributed by atoms with van der Waals surface area (Å²) in [5.41, 5.74) is 0. The van der Waals surface area contributed by atoms with Gasteiger partial charge in [0.05, 0.1) is 0 Å². The molecule has 0 spiro atoms. The summed E-state index contributed by atoms with van der Waals surface area (Å²) < 4.78 is 19.9. The molecule has 1 saturated heterocycles. The van der Waals surface area contributed by atoms with Crippen LogP contribution in [0.2, 0.25) is 0 Å². The van der Waals surface area contributed by atoms with Crippen molar-refractivity contribution in [1.29, 1.82) is 0 Å². The molecule has 1 rings (SSSR count). The van der Waals surface area contributed by atoms with E-state index in [-0.39, 0.29) is 0 Å². The predicted octanol–water partition coefficient (Wildman–Crippen LogP) is 1.52. The van der Waals surface area contributed by atoms with Gasteiger partial charge in [-0.05, 0) is 25.8 Å². The summed E-state index contributed by atoms with van der Waals surface area (Å²) in [7, 11) is -8.92. The summed E-state index contributed by atoms with van der Waals surface area (Å²) >= 11 is 0. The number of hydrogen-bond acceptors (Lipinski definition) is 3. The van der Waals surface area contributed by atoms with E-state index in [1.807, 2.05) is 0 Å². The molecule has 1 aliphatic rings. The van der Waals surface area contributed by atoms with Gasteiger partial charge in [0, 0.05) is 12.7 Å². The third kappa shape index (κ3) is 6.79. The van der Waals surface area contributed by atoms with E-state index >= 15 is 0 Å². The maximum absolute atomic E-state index is 10.0. The van der Waals surface area contributed by atoms with Crippen LogP contribution in [0, 0.1) is 0 Å². The molecule has 0 radical (unpaired) electrons. The summed E-state index contributed by atoms with van der Waals surface area (Å²) in [4.78, 5) is 24.1. The highest BCUT2D eigenvalue weighted by molar-refractivity contribution is 8.28. The van der Waals surface area contributed by atoms with E-state index in [4.69, 9.17) is 14.7 Å². The van der Waals surface area contributed by atoms with Crippen molar-refractivity contribution in [2.24, 2.45) is 0 Å². The number of piperidine rings is 1. The number of rotatable bonds is 2. The molecule has 6 nitrogen and oxygen atoms in total. The summed E-state index contributed by atoms with van der Waals surface area (Å²) in [5, 5.41) is 3.47. The molecule has 4 N–H and O–H groups in total. The van der Waals surface area contributed by atoms with Crippen molar-refractivity contribution in [2.75, 3.05) is 13.2 Å². The first kappa shape index (κ1) is 16.3. The van der Waals surface area contributed by atoms with Crippen molar-refractivity contribution in [3.05, 3.63) is 0 Å². The van der Waals surface area contributed by atoms with Crippen LogP contribution in [0.3, 0.4) is 0 Å². The molecule has 1 aliphatic heterocycles. The average Bonchev–Trinajstić information content (AvgIpc) is 2.17. The van der Waals surface area contributed by atoms with E-state index in [0.29, 0.717) is 6.66 Å². The van der Waals surface area contributed by atoms with Crippen molar-refractivity contribution < 1.29 is 23.8 Å². The molecule has 0 bridgehead atoms. The van der Waals surface area contributed by atoms with Crippen LogP contribution >= 0.6 is 14.3 Å². The van der Waals surface area contributed by atoms with Gasteiger partial charge in [0.25, 0.3) is 0 Å². The molecule has 16 heavy (non-hydrogen) atoms. The quantitative estimate of drug-likeness (QED) is 0.568. The highest BCUT2D eigenvalue weighted by Crippen LogP contribution is 2.71. The molecule has 2 atom stereocenters. The molecule has 0 aliphatic carbocycles. The third-order valence-electron chi connectivity index (χ3n) is 2.39. The molecule has 2 unspecified atom stereocenters. The smallest absolute Gasteiger partial charge is 0.336 e. The van der Waals surface area contributed by atoms with E-state index in [0.717, 1.165) is 6.04 Å². The van der Waals surface area contributed by atoms with E-state index < -0.39 is 14.3 Å². The largest absolute Gasteiger partial charge is 0.407 e. The number of nitrogens with one attached hydrogen (secondary N) is 1. The molecule has 0 aromatic rings. The molecular weight excluding hydrogens is 252 g/mol. The second-order valence-electron chi connectivity index (χ2n) is 3.90. The first-order valence-corrected chi connectivity index (χ1v) is 9.70. The Kier molecular flexibility index (Phi) is 7.03. The molecule has 1 fully saturated rings. The van der Waals surface area contributed by atoms with Crippen LogP contribution in [-0.4, -0.2) is 33.9 Å². The molecule has 8 heteroatoms. The number of hydrogen-bond donors (Lipinski definition) is 4. The fraction of sp³-hybridized carbons (Fsp3) is 1.00. The van der Waals surface area contributed by atoms with Gasteiger partial charge in [-0.15, -0.1) is 0 Å². The Bertz CT molecular complexity index is 258. The predicted molar refractivity (Wildman–Crippen MR) is 63.7 cm³/mol. The van der Waals surface area contributed by atoms with Gasteiger partial charge in [0.2, 0.25) is 0 Å². The van der Waals surface area contributed by atoms with E-state index in [9.17, 15) is 9.13 Å². The molecule has 0 amide bonds. The Labute approximate surface area is 96.0 Å². The first-order chi connectivity index (χ1) is 7.18. The van der Waals surface area contributed by atoms with Gasteiger partial charge in [-0.3, -0.25) is 4.57 Å². The summed E-state index contributed by atoms with van der Waals surface area (Å²) in [5.74, 6) is 0. The lowest BCUT2D eigenvalue weighted by Crippen LogP contribution is -2.32. The molecule has 98 valence electrons. The Hall–Kier alpha value is 0.300. The first-order valence-electron chi connectivity index (χ1n) is 5.28. The van der Waals surface area contributed by atoms with Gasteiger partial charge in [0.1, 0.15) is 0 Å². The average molecular weight is 273 g/mol. The molecule has 0 aromatic heterocycles. The Morgan fingerprint density at radius 3 is 1.94 bits per heavy atom. The van der Waals surface area contributed by atoms with Crippen molar-refractivity contribution in [3.8, 4) is 0 Å². The maximum atomic E-state index is 10.0. The Morgan fingerprint density at radius 2 is 1.75 bits per heavy atom. The maximum Gasteiger partial charge on any atom is 0.407 e. The molecule has 0 saturated carbocycles. The van der Waals surface area contributed by atoms with Crippen molar-refractivity contribution in [1.82, 2.24) is 5.32 Å². The van der Waals surface area contributed by atoms with E-state index in [1.165, 1.54) is 32.2 Å². The summed E-state index contributed by atoms with van der Waals surface area (Å²) in [6.45, 7) is 4.12. The highest BCUT2D eigenvalue weighted by Gasteiger charge is 2.33. The van der Waals surface area contributed by atoms with E-state index in [2.05, 4.69) is 12.2 Å². The Balaban J connectivity index is 0.000000281. The summed E-state index contributed by atoms with van der Waals surface area (Å²) in [6.07, 6.45) is 5.53. The highest BCUT2D eigenvalue weighted by atomic mass is 32.1. The lowest BCUT2D eigenvalue weighted by Gasteiger charge is -2.21. The minimum absolute atomic E-state index is 0.619. The van der Waals surface area contributed by atoms with Crippen molar-refractivity contribution in [3.63, 3.8) is 0 Å². The van der Waals surface area contributed by atoms with E-state index in [1.54, 1.807) is 0 Å².